The number of rotatable bonds is 4. The molecule has 2 rings (SSSR count). The molecular formula is C14H23N3. The van der Waals surface area contributed by atoms with E-state index in [2.05, 4.69) is 29.1 Å². The quantitative estimate of drug-likeness (QED) is 0.868. The summed E-state index contributed by atoms with van der Waals surface area (Å²) in [7, 11) is 2.17. The Kier molecular flexibility index (Phi) is 4.37. The number of pyridine rings is 1. The lowest BCUT2D eigenvalue weighted by molar-refractivity contribution is 0.426. The summed E-state index contributed by atoms with van der Waals surface area (Å²) >= 11 is 0. The number of hydrogen-bond acceptors (Lipinski definition) is 3. The van der Waals surface area contributed by atoms with Crippen LogP contribution < -0.4 is 10.6 Å². The molecule has 2 N–H and O–H groups in total. The predicted octanol–water partition coefficient (Wildman–Crippen LogP) is 2.35. The molecular weight excluding hydrogens is 210 g/mol. The second-order valence-corrected chi connectivity index (χ2v) is 4.97. The number of nitrogens with zero attached hydrogens (tertiary/aromatic N) is 2. The highest BCUT2D eigenvalue weighted by atomic mass is 15.2. The van der Waals surface area contributed by atoms with Gasteiger partial charge in [-0.25, -0.2) is 4.98 Å². The zero-order valence-corrected chi connectivity index (χ0v) is 10.7. The lowest BCUT2D eigenvalue weighted by Gasteiger charge is -2.32. The third-order valence-corrected chi connectivity index (χ3v) is 3.73. The number of hydrogen-bond donors (Lipinski definition) is 1. The molecule has 3 heteroatoms. The summed E-state index contributed by atoms with van der Waals surface area (Å²) in [5, 5.41) is 0. The van der Waals surface area contributed by atoms with Crippen LogP contribution in [0.15, 0.2) is 18.3 Å². The molecule has 1 aromatic rings. The van der Waals surface area contributed by atoms with Crippen molar-refractivity contribution < 1.29 is 0 Å². The fraction of sp³-hybridized carbons (Fsp3) is 0.643. The Morgan fingerprint density at radius 2 is 2.06 bits per heavy atom. The van der Waals surface area contributed by atoms with E-state index in [0.717, 1.165) is 12.2 Å². The number of aromatic nitrogens is 1. The van der Waals surface area contributed by atoms with Crippen molar-refractivity contribution in [3.8, 4) is 0 Å². The minimum Gasteiger partial charge on any atom is -0.357 e. The Balaban J connectivity index is 2.00. The van der Waals surface area contributed by atoms with Crippen LogP contribution in [0.5, 0.6) is 0 Å². The second-order valence-electron chi connectivity index (χ2n) is 4.97. The summed E-state index contributed by atoms with van der Waals surface area (Å²) in [5.74, 6) is 1.10. The summed E-state index contributed by atoms with van der Waals surface area (Å²) in [6, 6.07) is 4.95. The smallest absolute Gasteiger partial charge is 0.128 e. The summed E-state index contributed by atoms with van der Waals surface area (Å²) in [4.78, 5) is 6.88. The molecule has 0 unspecified atom stereocenters. The normalized spacial score (nSPS) is 17.1. The maximum absolute atomic E-state index is 5.54. The van der Waals surface area contributed by atoms with Gasteiger partial charge in [-0.1, -0.05) is 25.3 Å². The Bertz CT molecular complexity index is 328. The lowest BCUT2D eigenvalue weighted by atomic mass is 9.94. The van der Waals surface area contributed by atoms with Gasteiger partial charge in [-0.2, -0.15) is 0 Å². The first-order valence-corrected chi connectivity index (χ1v) is 6.69. The summed E-state index contributed by atoms with van der Waals surface area (Å²) in [6.45, 7) is 0.694. The van der Waals surface area contributed by atoms with Crippen molar-refractivity contribution in [1.82, 2.24) is 4.98 Å². The molecule has 0 spiro atoms. The number of nitrogens with two attached hydrogens (primary N) is 1. The molecule has 0 amide bonds. The first-order chi connectivity index (χ1) is 8.31. The van der Waals surface area contributed by atoms with Crippen LogP contribution in [0.2, 0.25) is 0 Å². The maximum Gasteiger partial charge on any atom is 0.128 e. The SMILES string of the molecule is CN(c1ccc(CCN)cn1)C1CCCCC1. The Hall–Kier alpha value is -1.09. The highest BCUT2D eigenvalue weighted by Crippen LogP contribution is 2.24. The van der Waals surface area contributed by atoms with Crippen molar-refractivity contribution >= 4 is 5.82 Å². The average Bonchev–Trinajstić information content (AvgIpc) is 2.40. The fourth-order valence-electron chi connectivity index (χ4n) is 2.60. The van der Waals surface area contributed by atoms with Gasteiger partial charge in [-0.15, -0.1) is 0 Å². The van der Waals surface area contributed by atoms with Crippen molar-refractivity contribution in [2.45, 2.75) is 44.6 Å². The van der Waals surface area contributed by atoms with Gasteiger partial charge >= 0.3 is 0 Å². The van der Waals surface area contributed by atoms with E-state index in [1.807, 2.05) is 6.20 Å². The van der Waals surface area contributed by atoms with Gasteiger partial charge in [0.05, 0.1) is 0 Å². The molecule has 1 saturated carbocycles. The molecule has 0 saturated heterocycles. The molecule has 1 fully saturated rings. The molecule has 0 bridgehead atoms. The highest BCUT2D eigenvalue weighted by Gasteiger charge is 2.18. The van der Waals surface area contributed by atoms with E-state index in [1.54, 1.807) is 0 Å². The van der Waals surface area contributed by atoms with Crippen LogP contribution in [0.3, 0.4) is 0 Å². The first-order valence-electron chi connectivity index (χ1n) is 6.69. The van der Waals surface area contributed by atoms with E-state index in [4.69, 9.17) is 5.73 Å². The van der Waals surface area contributed by atoms with Gasteiger partial charge in [0, 0.05) is 19.3 Å². The monoisotopic (exact) mass is 233 g/mol. The Morgan fingerprint density at radius 1 is 1.29 bits per heavy atom. The minimum absolute atomic E-state index is 0.677. The Morgan fingerprint density at radius 3 is 2.65 bits per heavy atom. The third kappa shape index (κ3) is 3.19. The summed E-state index contributed by atoms with van der Waals surface area (Å²) < 4.78 is 0. The molecule has 0 aromatic carbocycles. The predicted molar refractivity (Wildman–Crippen MR) is 72.3 cm³/mol. The molecule has 0 atom stereocenters. The van der Waals surface area contributed by atoms with Gasteiger partial charge in [-0.05, 0) is 37.4 Å². The van der Waals surface area contributed by atoms with Gasteiger partial charge in [0.15, 0.2) is 0 Å². The van der Waals surface area contributed by atoms with Crippen molar-refractivity contribution in [3.63, 3.8) is 0 Å². The molecule has 94 valence electrons. The van der Waals surface area contributed by atoms with E-state index in [-0.39, 0.29) is 0 Å². The van der Waals surface area contributed by atoms with E-state index < -0.39 is 0 Å². The van der Waals surface area contributed by atoms with E-state index in [0.29, 0.717) is 12.6 Å². The zero-order chi connectivity index (χ0) is 12.1. The van der Waals surface area contributed by atoms with E-state index in [1.165, 1.54) is 37.7 Å². The highest BCUT2D eigenvalue weighted by molar-refractivity contribution is 5.39. The van der Waals surface area contributed by atoms with Crippen molar-refractivity contribution in [3.05, 3.63) is 23.9 Å². The van der Waals surface area contributed by atoms with Crippen LogP contribution in [0.4, 0.5) is 5.82 Å². The zero-order valence-electron chi connectivity index (χ0n) is 10.7. The molecule has 1 aliphatic rings. The van der Waals surface area contributed by atoms with Crippen LogP contribution in [-0.4, -0.2) is 24.6 Å². The van der Waals surface area contributed by atoms with Gasteiger partial charge < -0.3 is 10.6 Å². The lowest BCUT2D eigenvalue weighted by Crippen LogP contribution is -2.33. The molecule has 1 aliphatic carbocycles. The molecule has 1 aromatic heterocycles. The van der Waals surface area contributed by atoms with E-state index >= 15 is 0 Å². The van der Waals surface area contributed by atoms with Gasteiger partial charge in [-0.3, -0.25) is 0 Å². The molecule has 17 heavy (non-hydrogen) atoms. The maximum atomic E-state index is 5.54. The minimum atomic E-state index is 0.677. The van der Waals surface area contributed by atoms with Gasteiger partial charge in [0.25, 0.3) is 0 Å². The standard InChI is InChI=1S/C14H23N3/c1-17(13-5-3-2-4-6-13)14-8-7-12(9-10-15)11-16-14/h7-8,11,13H,2-6,9-10,15H2,1H3. The molecule has 0 aliphatic heterocycles. The van der Waals surface area contributed by atoms with Crippen LogP contribution >= 0.6 is 0 Å². The third-order valence-electron chi connectivity index (χ3n) is 3.73. The Labute approximate surface area is 104 Å². The van der Waals surface area contributed by atoms with Gasteiger partial charge in [0.1, 0.15) is 5.82 Å². The van der Waals surface area contributed by atoms with Crippen molar-refractivity contribution in [2.75, 3.05) is 18.5 Å². The van der Waals surface area contributed by atoms with Crippen molar-refractivity contribution in [2.24, 2.45) is 5.73 Å². The summed E-state index contributed by atoms with van der Waals surface area (Å²) in [6.07, 6.45) is 9.61. The van der Waals surface area contributed by atoms with Crippen molar-refractivity contribution in [1.29, 1.82) is 0 Å². The van der Waals surface area contributed by atoms with Crippen LogP contribution in [0.1, 0.15) is 37.7 Å². The first kappa shape index (κ1) is 12.4. The van der Waals surface area contributed by atoms with Crippen LogP contribution in [-0.2, 0) is 6.42 Å². The number of anilines is 1. The summed E-state index contributed by atoms with van der Waals surface area (Å²) in [5.41, 5.74) is 6.77. The second kappa shape index (κ2) is 6.01. The van der Waals surface area contributed by atoms with E-state index in [9.17, 15) is 0 Å². The average molecular weight is 233 g/mol. The van der Waals surface area contributed by atoms with Gasteiger partial charge in [0.2, 0.25) is 0 Å². The fourth-order valence-corrected chi connectivity index (χ4v) is 2.60. The molecule has 0 radical (unpaired) electrons. The largest absolute Gasteiger partial charge is 0.357 e. The van der Waals surface area contributed by atoms with Crippen LogP contribution in [0.25, 0.3) is 0 Å². The molecule has 3 nitrogen and oxygen atoms in total. The molecule has 1 heterocycles. The topological polar surface area (TPSA) is 42.1 Å². The van der Waals surface area contributed by atoms with Crippen LogP contribution in [0, 0.1) is 0 Å².